The van der Waals surface area contributed by atoms with Gasteiger partial charge < -0.3 is 52.0 Å². The first-order valence-electron chi connectivity index (χ1n) is 17.4. The molecule has 1 atom stereocenters. The Labute approximate surface area is 311 Å². The molecule has 0 aliphatic heterocycles. The van der Waals surface area contributed by atoms with Crippen LogP contribution in [-0.4, -0.2) is 117 Å². The van der Waals surface area contributed by atoms with Crippen LogP contribution >= 0.6 is 0 Å². The molecule has 0 heterocycles. The summed E-state index contributed by atoms with van der Waals surface area (Å²) < 4.78 is 11.0. The number of ether oxygens (including phenoxy) is 2. The predicted molar refractivity (Wildman–Crippen MR) is 204 cm³/mol. The number of hydrogen-bond acceptors (Lipinski definition) is 9. The third kappa shape index (κ3) is 23.2. The minimum atomic E-state index is -1.18. The van der Waals surface area contributed by atoms with Gasteiger partial charge in [-0.25, -0.2) is 9.59 Å². The van der Waals surface area contributed by atoms with Crippen LogP contribution in [0, 0.1) is 5.92 Å². The summed E-state index contributed by atoms with van der Waals surface area (Å²) in [5, 5.41) is 10.4. The van der Waals surface area contributed by atoms with E-state index in [4.69, 9.17) is 28.8 Å². The van der Waals surface area contributed by atoms with Crippen LogP contribution in [0.3, 0.4) is 0 Å². The number of carbonyl (C=O) groups excluding carboxylic acids is 6. The third-order valence-electron chi connectivity index (χ3n) is 7.02. The van der Waals surface area contributed by atoms with E-state index in [0.29, 0.717) is 24.2 Å². The van der Waals surface area contributed by atoms with Crippen LogP contribution in [0.2, 0.25) is 0 Å². The smallest absolute Gasteiger partial charge is 0.409 e. The van der Waals surface area contributed by atoms with E-state index in [1.807, 2.05) is 34.6 Å². The minimum absolute atomic E-state index is 0.00821. The van der Waals surface area contributed by atoms with Crippen molar-refractivity contribution in [2.24, 2.45) is 17.4 Å². The largest absolute Gasteiger partial charge is 0.445 e. The molecule has 17 heteroatoms. The van der Waals surface area contributed by atoms with Gasteiger partial charge in [0.15, 0.2) is 5.81 Å². The van der Waals surface area contributed by atoms with Crippen LogP contribution in [0.5, 0.6) is 0 Å². The Bertz CT molecular complexity index is 1260. The van der Waals surface area contributed by atoms with Crippen LogP contribution in [-0.2, 0) is 30.5 Å². The molecule has 0 aliphatic rings. The number of nitrogens with one attached hydrogen (secondary N) is 4. The number of likely N-dealkylation sites (N-methyl/N-ethyl adjacent to an activating group) is 2. The van der Waals surface area contributed by atoms with Gasteiger partial charge in [0.25, 0.3) is 5.91 Å². The van der Waals surface area contributed by atoms with Crippen molar-refractivity contribution in [3.8, 4) is 0 Å². The molecule has 0 spiro atoms. The number of hydrogen-bond donors (Lipinski definition) is 6. The van der Waals surface area contributed by atoms with Gasteiger partial charge in [-0.3, -0.25) is 19.2 Å². The fraction of sp³-hybridized carbons (Fsp3) is 0.657. The number of primary amides is 1. The number of amides is 7. The summed E-state index contributed by atoms with van der Waals surface area (Å²) in [6, 6.07) is 5.33. The second-order valence-electron chi connectivity index (χ2n) is 13.3. The summed E-state index contributed by atoms with van der Waals surface area (Å²) in [7, 11) is 8.24. The predicted octanol–water partition coefficient (Wildman–Crippen LogP) is 2.68. The molecule has 1 aromatic rings. The van der Waals surface area contributed by atoms with Gasteiger partial charge in [-0.1, -0.05) is 46.8 Å². The first kappa shape index (κ1) is 49.7. The van der Waals surface area contributed by atoms with E-state index < -0.39 is 52.8 Å². The lowest BCUT2D eigenvalue weighted by Gasteiger charge is -2.30. The lowest BCUT2D eigenvalue weighted by molar-refractivity contribution is -0.146. The number of nitrogens with zero attached hydrogens (tertiary/aromatic N) is 2. The van der Waals surface area contributed by atoms with E-state index in [1.165, 1.54) is 16.8 Å². The number of rotatable bonds is 18. The van der Waals surface area contributed by atoms with Crippen LogP contribution < -0.4 is 32.7 Å². The summed E-state index contributed by atoms with van der Waals surface area (Å²) >= 11 is 0. The third-order valence-corrected chi connectivity index (χ3v) is 7.02. The van der Waals surface area contributed by atoms with Gasteiger partial charge in [0, 0.05) is 51.6 Å². The van der Waals surface area contributed by atoms with Gasteiger partial charge in [0.1, 0.15) is 18.2 Å². The van der Waals surface area contributed by atoms with Crippen molar-refractivity contribution in [2.75, 3.05) is 52.2 Å². The minimum Gasteiger partial charge on any atom is -0.445 e. The van der Waals surface area contributed by atoms with Crippen molar-refractivity contribution in [3.05, 3.63) is 29.8 Å². The zero-order valence-electron chi connectivity index (χ0n) is 33.0. The molecule has 7 amide bonds. The first-order chi connectivity index (χ1) is 24.1. The molecular weight excluding hydrogens is 671 g/mol. The van der Waals surface area contributed by atoms with Gasteiger partial charge in [-0.05, 0) is 64.2 Å². The normalized spacial score (nSPS) is 11.3. The molecule has 1 unspecified atom stereocenters. The van der Waals surface area contributed by atoms with E-state index in [2.05, 4.69) is 21.3 Å². The van der Waals surface area contributed by atoms with Crippen LogP contribution in [0.25, 0.3) is 0 Å². The SMILES string of the molecule is CC.CCCNC(N)=O.[B]C(=O)N(C)CCN(C)C(=O)OCc1ccc(NC(=O)CNC(=O)C(NC(=O)C(C)(C)OCCC(C)(C)N)C(C)C)cc1. The molecule has 0 fully saturated rings. The van der Waals surface area contributed by atoms with Crippen molar-refractivity contribution in [3.63, 3.8) is 0 Å². The molecule has 1 rings (SSSR count). The lowest BCUT2D eigenvalue weighted by atomic mass is 10.0. The van der Waals surface area contributed by atoms with Crippen molar-refractivity contribution >= 4 is 49.2 Å². The van der Waals surface area contributed by atoms with Gasteiger partial charge in [0.05, 0.1) is 6.54 Å². The molecule has 2 radical (unpaired) electrons. The number of urea groups is 1. The topological polar surface area (TPSA) is 228 Å². The van der Waals surface area contributed by atoms with Crippen molar-refractivity contribution in [1.82, 2.24) is 25.8 Å². The van der Waals surface area contributed by atoms with Crippen LogP contribution in [0.4, 0.5) is 20.1 Å². The maximum Gasteiger partial charge on any atom is 0.409 e. The molecule has 1 aromatic carbocycles. The van der Waals surface area contributed by atoms with Crippen LogP contribution in [0.15, 0.2) is 24.3 Å². The average Bonchev–Trinajstić information content (AvgIpc) is 3.06. The number of carbonyl (C=O) groups is 6. The molecule has 0 aromatic heterocycles. The highest BCUT2D eigenvalue weighted by Crippen LogP contribution is 2.15. The van der Waals surface area contributed by atoms with Crippen molar-refractivity contribution in [1.29, 1.82) is 0 Å². The molecule has 8 N–H and O–H groups in total. The van der Waals surface area contributed by atoms with E-state index in [-0.39, 0.29) is 38.8 Å². The molecule has 294 valence electrons. The summed E-state index contributed by atoms with van der Waals surface area (Å²) in [6.07, 6.45) is 0.927. The second-order valence-corrected chi connectivity index (χ2v) is 13.3. The van der Waals surface area contributed by atoms with E-state index in [0.717, 1.165) is 6.42 Å². The quantitative estimate of drug-likeness (QED) is 0.122. The molecule has 0 saturated carbocycles. The number of nitrogens with two attached hydrogens (primary N) is 2. The van der Waals surface area contributed by atoms with Crippen molar-refractivity contribution in [2.45, 2.75) is 98.9 Å². The molecular formula is C35H63BN8O8. The standard InChI is InChI=1S/C29H47BN6O7.C4H10N2O.C2H6/c1-19(2)23(34-25(39)29(5,6)43-16-13-28(3,4)31)24(38)32-17-22(37)33-21-11-9-20(10-12-21)18-42-27(41)36(8)15-14-35(7)26(30)40;1-2-3-6-4(5)7;1-2/h9-12,19,23H,13-18,31H2,1-8H3,(H,32,38)(H,33,37)(H,34,39);2-3H2,1H3,(H3,5,6,7);1-2H3. The van der Waals surface area contributed by atoms with Crippen LogP contribution in [0.1, 0.15) is 80.7 Å². The van der Waals surface area contributed by atoms with E-state index in [9.17, 15) is 28.8 Å². The Morgan fingerprint density at radius 2 is 1.48 bits per heavy atom. The Kier molecular flexibility index (Phi) is 24.4. The van der Waals surface area contributed by atoms with Gasteiger partial charge in [0.2, 0.25) is 19.7 Å². The van der Waals surface area contributed by atoms with Crippen molar-refractivity contribution < 1.29 is 38.2 Å². The van der Waals surface area contributed by atoms with E-state index >= 15 is 0 Å². The monoisotopic (exact) mass is 734 g/mol. The zero-order chi connectivity index (χ0) is 40.7. The Hall–Kier alpha value is -4.38. The maximum absolute atomic E-state index is 12.9. The number of anilines is 1. The summed E-state index contributed by atoms with van der Waals surface area (Å²) in [4.78, 5) is 73.9. The lowest BCUT2D eigenvalue weighted by Crippen LogP contribution is -2.56. The van der Waals surface area contributed by atoms with Gasteiger partial charge in [-0.15, -0.1) is 0 Å². The highest BCUT2D eigenvalue weighted by atomic mass is 16.6. The summed E-state index contributed by atoms with van der Waals surface area (Å²) in [5.41, 5.74) is 10.3. The highest BCUT2D eigenvalue weighted by molar-refractivity contribution is 6.56. The zero-order valence-corrected chi connectivity index (χ0v) is 33.0. The Balaban J connectivity index is 0. The summed E-state index contributed by atoms with van der Waals surface area (Å²) in [5.74, 6) is -2.25. The molecule has 0 aliphatic carbocycles. The molecule has 0 saturated heterocycles. The molecule has 16 nitrogen and oxygen atoms in total. The Morgan fingerprint density at radius 1 is 0.923 bits per heavy atom. The number of benzene rings is 1. The van der Waals surface area contributed by atoms with E-state index in [1.54, 1.807) is 59.0 Å². The summed E-state index contributed by atoms with van der Waals surface area (Å²) in [6.45, 7) is 17.7. The maximum atomic E-state index is 12.9. The first-order valence-corrected chi connectivity index (χ1v) is 17.4. The fourth-order valence-electron chi connectivity index (χ4n) is 3.66. The average molecular weight is 735 g/mol. The fourth-order valence-corrected chi connectivity index (χ4v) is 3.66. The Morgan fingerprint density at radius 3 is 1.94 bits per heavy atom. The molecule has 52 heavy (non-hydrogen) atoms. The second kappa shape index (κ2) is 25.6. The van der Waals surface area contributed by atoms with Gasteiger partial charge in [-0.2, -0.15) is 0 Å². The molecule has 0 bridgehead atoms. The highest BCUT2D eigenvalue weighted by Gasteiger charge is 2.34. The van der Waals surface area contributed by atoms with Gasteiger partial charge >= 0.3 is 12.1 Å².